The highest BCUT2D eigenvalue weighted by Crippen LogP contribution is 2.26. The Bertz CT molecular complexity index is 1060. The van der Waals surface area contributed by atoms with Crippen molar-refractivity contribution in [1.82, 2.24) is 14.5 Å². The summed E-state index contributed by atoms with van der Waals surface area (Å²) in [7, 11) is -2.19. The minimum Gasteiger partial charge on any atom is -0.462 e. The number of sulfonamides is 1. The molecule has 0 unspecified atom stereocenters. The van der Waals surface area contributed by atoms with E-state index < -0.39 is 21.9 Å². The van der Waals surface area contributed by atoms with Crippen LogP contribution in [0.15, 0.2) is 28.6 Å². The number of hydrogen-bond donors (Lipinski definition) is 2. The summed E-state index contributed by atoms with van der Waals surface area (Å²) in [6, 6.07) is 6.51. The zero-order valence-corrected chi connectivity index (χ0v) is 19.4. The summed E-state index contributed by atoms with van der Waals surface area (Å²) >= 11 is 2.14. The number of likely N-dealkylation sites (N-methyl/N-ethyl adjacent to an activating group) is 1. The first-order valence-electron chi connectivity index (χ1n) is 8.83. The molecular formula is C17H21N5O6S3. The van der Waals surface area contributed by atoms with Gasteiger partial charge in [-0.1, -0.05) is 35.2 Å². The van der Waals surface area contributed by atoms with Crippen LogP contribution in [-0.4, -0.2) is 72.9 Å². The number of nitrogens with zero attached hydrogens (tertiary/aromatic N) is 3. The molecule has 11 nitrogen and oxygen atoms in total. The smallest absolute Gasteiger partial charge is 0.340 e. The molecule has 0 aliphatic heterocycles. The van der Waals surface area contributed by atoms with Gasteiger partial charge >= 0.3 is 5.97 Å². The van der Waals surface area contributed by atoms with Gasteiger partial charge in [-0.25, -0.2) is 13.2 Å². The molecule has 168 valence electrons. The summed E-state index contributed by atoms with van der Waals surface area (Å²) in [6.45, 7) is 1.55. The molecular weight excluding hydrogens is 466 g/mol. The van der Waals surface area contributed by atoms with E-state index in [2.05, 4.69) is 20.8 Å². The van der Waals surface area contributed by atoms with Crippen LogP contribution >= 0.6 is 23.1 Å². The molecule has 2 aromatic rings. The normalized spacial score (nSPS) is 11.2. The fourth-order valence-electron chi connectivity index (χ4n) is 2.09. The van der Waals surface area contributed by atoms with Crippen molar-refractivity contribution in [1.29, 1.82) is 0 Å². The van der Waals surface area contributed by atoms with Crippen molar-refractivity contribution in [2.24, 2.45) is 0 Å². The van der Waals surface area contributed by atoms with Gasteiger partial charge in [0.25, 0.3) is 0 Å². The molecule has 0 aliphatic rings. The van der Waals surface area contributed by atoms with E-state index in [4.69, 9.17) is 4.74 Å². The summed E-state index contributed by atoms with van der Waals surface area (Å²) in [4.78, 5) is 36.1. The average molecular weight is 488 g/mol. The highest BCUT2D eigenvalue weighted by Gasteiger charge is 2.17. The van der Waals surface area contributed by atoms with E-state index in [0.717, 1.165) is 33.7 Å². The monoisotopic (exact) mass is 487 g/mol. The number of carbonyl (C=O) groups is 3. The predicted octanol–water partition coefficient (Wildman–Crippen LogP) is 1.28. The number of benzene rings is 1. The van der Waals surface area contributed by atoms with Crippen LogP contribution in [0.1, 0.15) is 17.3 Å². The van der Waals surface area contributed by atoms with Crippen LogP contribution < -0.4 is 10.6 Å². The molecule has 2 rings (SSSR count). The maximum absolute atomic E-state index is 12.3. The first kappa shape index (κ1) is 24.7. The molecule has 1 aromatic heterocycles. The van der Waals surface area contributed by atoms with Crippen LogP contribution in [0, 0.1) is 0 Å². The number of carbonyl (C=O) groups excluding carboxylic acids is 3. The van der Waals surface area contributed by atoms with E-state index in [-0.39, 0.29) is 35.5 Å². The van der Waals surface area contributed by atoms with Crippen LogP contribution in [0.2, 0.25) is 0 Å². The molecule has 1 heterocycles. The van der Waals surface area contributed by atoms with Crippen LogP contribution in [0.4, 0.5) is 10.8 Å². The second kappa shape index (κ2) is 11.2. The Morgan fingerprint density at radius 3 is 2.55 bits per heavy atom. The summed E-state index contributed by atoms with van der Waals surface area (Å²) in [5, 5.41) is 13.0. The van der Waals surface area contributed by atoms with Crippen molar-refractivity contribution in [3.8, 4) is 0 Å². The second-order valence-corrected chi connectivity index (χ2v) is 10.3. The third-order valence-corrected chi connectivity index (χ3v) is 6.84. The maximum atomic E-state index is 12.3. The molecule has 14 heteroatoms. The number of rotatable bonds is 10. The van der Waals surface area contributed by atoms with Crippen molar-refractivity contribution in [2.75, 3.05) is 42.8 Å². The first-order valence-corrected chi connectivity index (χ1v) is 12.5. The lowest BCUT2D eigenvalue weighted by atomic mass is 10.2. The van der Waals surface area contributed by atoms with Crippen LogP contribution in [0.3, 0.4) is 0 Å². The summed E-state index contributed by atoms with van der Waals surface area (Å²) in [6.07, 6.45) is 0.996. The Balaban J connectivity index is 1.88. The fraction of sp³-hybridized carbons (Fsp3) is 0.353. The van der Waals surface area contributed by atoms with Gasteiger partial charge < -0.3 is 10.1 Å². The number of hydrogen-bond acceptors (Lipinski definition) is 10. The zero-order chi connectivity index (χ0) is 23.0. The van der Waals surface area contributed by atoms with Crippen molar-refractivity contribution in [3.05, 3.63) is 29.8 Å². The average Bonchev–Trinajstić information content (AvgIpc) is 3.13. The number of thioether (sulfide) groups is 1. The number of aromatic nitrogens is 2. The standard InChI is InChI=1S/C17H21N5O6S3/c1-4-28-15(25)11-7-5-6-8-12(11)18-14(24)10-29-17-21-20-16(30-17)19-13(23)9-22(2)31(3,26)27/h5-8H,4,9-10H2,1-3H3,(H,18,24)(H,19,20,23). The quantitative estimate of drug-likeness (QED) is 0.287. The Labute approximate surface area is 187 Å². The minimum absolute atomic E-state index is 0.00342. The topological polar surface area (TPSA) is 148 Å². The molecule has 0 spiro atoms. The van der Waals surface area contributed by atoms with Gasteiger partial charge in [-0.05, 0) is 19.1 Å². The molecule has 0 aliphatic carbocycles. The van der Waals surface area contributed by atoms with Gasteiger partial charge in [-0.2, -0.15) is 4.31 Å². The third-order valence-electron chi connectivity index (χ3n) is 3.61. The maximum Gasteiger partial charge on any atom is 0.340 e. The van der Waals surface area contributed by atoms with Gasteiger partial charge in [-0.3, -0.25) is 14.9 Å². The summed E-state index contributed by atoms with van der Waals surface area (Å²) < 4.78 is 29.0. The van der Waals surface area contributed by atoms with E-state index in [1.807, 2.05) is 0 Å². The SMILES string of the molecule is CCOC(=O)c1ccccc1NC(=O)CSc1nnc(NC(=O)CN(C)S(C)(=O)=O)s1. The largest absolute Gasteiger partial charge is 0.462 e. The molecule has 31 heavy (non-hydrogen) atoms. The summed E-state index contributed by atoms with van der Waals surface area (Å²) in [5.74, 6) is -1.46. The lowest BCUT2D eigenvalue weighted by Crippen LogP contribution is -2.34. The molecule has 2 N–H and O–H groups in total. The molecule has 2 amide bonds. The van der Waals surface area contributed by atoms with Gasteiger partial charge in [0.15, 0.2) is 4.34 Å². The minimum atomic E-state index is -3.48. The van der Waals surface area contributed by atoms with Gasteiger partial charge in [0.2, 0.25) is 27.0 Å². The van der Waals surface area contributed by atoms with Crippen molar-refractivity contribution in [3.63, 3.8) is 0 Å². The second-order valence-electron chi connectivity index (χ2n) is 6.04. The molecule has 0 bridgehead atoms. The van der Waals surface area contributed by atoms with E-state index in [9.17, 15) is 22.8 Å². The number of para-hydroxylation sites is 1. The van der Waals surface area contributed by atoms with E-state index in [1.54, 1.807) is 31.2 Å². The third kappa shape index (κ3) is 7.90. The molecule has 1 aromatic carbocycles. The fourth-order valence-corrected chi connectivity index (χ4v) is 4.01. The molecule has 0 saturated heterocycles. The van der Waals surface area contributed by atoms with Gasteiger partial charge in [0, 0.05) is 7.05 Å². The Morgan fingerprint density at radius 2 is 1.87 bits per heavy atom. The Morgan fingerprint density at radius 1 is 1.16 bits per heavy atom. The molecule has 0 saturated carbocycles. The highest BCUT2D eigenvalue weighted by atomic mass is 32.2. The number of nitrogens with one attached hydrogen (secondary N) is 2. The van der Waals surface area contributed by atoms with Crippen LogP contribution in [0.5, 0.6) is 0 Å². The first-order chi connectivity index (χ1) is 14.6. The molecule has 0 fully saturated rings. The molecule has 0 radical (unpaired) electrons. The van der Waals surface area contributed by atoms with Gasteiger partial charge in [0.05, 0.1) is 36.4 Å². The van der Waals surface area contributed by atoms with Crippen LogP contribution in [0.25, 0.3) is 0 Å². The van der Waals surface area contributed by atoms with Crippen molar-refractivity contribution < 1.29 is 27.5 Å². The highest BCUT2D eigenvalue weighted by molar-refractivity contribution is 8.01. The van der Waals surface area contributed by atoms with E-state index >= 15 is 0 Å². The van der Waals surface area contributed by atoms with Gasteiger partial charge in [-0.15, -0.1) is 10.2 Å². The van der Waals surface area contributed by atoms with Crippen molar-refractivity contribution in [2.45, 2.75) is 11.3 Å². The number of anilines is 2. The lowest BCUT2D eigenvalue weighted by Gasteiger charge is -2.12. The summed E-state index contributed by atoms with van der Waals surface area (Å²) in [5.41, 5.74) is 0.592. The van der Waals surface area contributed by atoms with Crippen molar-refractivity contribution >= 4 is 61.7 Å². The Hall–Kier alpha value is -2.55. The zero-order valence-electron chi connectivity index (χ0n) is 16.9. The number of amides is 2. The lowest BCUT2D eigenvalue weighted by molar-refractivity contribution is -0.116. The molecule has 0 atom stereocenters. The number of ether oxygens (including phenoxy) is 1. The van der Waals surface area contributed by atoms with Crippen LogP contribution in [-0.2, 0) is 24.3 Å². The predicted molar refractivity (Wildman–Crippen MR) is 118 cm³/mol. The van der Waals surface area contributed by atoms with E-state index in [0.29, 0.717) is 10.0 Å². The van der Waals surface area contributed by atoms with Gasteiger partial charge in [0.1, 0.15) is 0 Å². The van der Waals surface area contributed by atoms with E-state index in [1.165, 1.54) is 7.05 Å². The Kier molecular flexibility index (Phi) is 8.91. The number of esters is 1.